The molecule has 1 saturated heterocycles. The van der Waals surface area contributed by atoms with Crippen LogP contribution < -0.4 is 5.32 Å². The standard InChI is InChI=1S/C19H24F2N4O/c1-13(2)24-8-5-15(6-9-24)23-19(26)18-22-7-10-25(18)12-14-3-4-16(20)17(21)11-14/h3-4,7,10-11,13,15H,5-6,8-9,12H2,1-2H3,(H,23,26). The zero-order valence-corrected chi connectivity index (χ0v) is 15.1. The lowest BCUT2D eigenvalue weighted by Crippen LogP contribution is -2.47. The molecule has 26 heavy (non-hydrogen) atoms. The normalized spacial score (nSPS) is 16.2. The SMILES string of the molecule is CC(C)N1CCC(NC(=O)c2nccn2Cc2ccc(F)c(F)c2)CC1. The van der Waals surface area contributed by atoms with E-state index in [9.17, 15) is 13.6 Å². The maximum absolute atomic E-state index is 13.4. The summed E-state index contributed by atoms with van der Waals surface area (Å²) in [6.45, 7) is 6.53. The molecule has 140 valence electrons. The summed E-state index contributed by atoms with van der Waals surface area (Å²) in [5.74, 6) is -1.74. The molecular weight excluding hydrogens is 338 g/mol. The topological polar surface area (TPSA) is 50.2 Å². The number of benzene rings is 1. The van der Waals surface area contributed by atoms with Gasteiger partial charge in [-0.25, -0.2) is 13.8 Å². The minimum absolute atomic E-state index is 0.130. The molecule has 1 fully saturated rings. The number of piperidine rings is 1. The number of halogens is 2. The maximum Gasteiger partial charge on any atom is 0.287 e. The van der Waals surface area contributed by atoms with Gasteiger partial charge in [0.1, 0.15) is 0 Å². The van der Waals surface area contributed by atoms with Gasteiger partial charge in [-0.15, -0.1) is 0 Å². The van der Waals surface area contributed by atoms with Crippen molar-refractivity contribution in [2.75, 3.05) is 13.1 Å². The van der Waals surface area contributed by atoms with Gasteiger partial charge in [-0.05, 0) is 44.4 Å². The predicted octanol–water partition coefficient (Wildman–Crippen LogP) is 2.81. The fourth-order valence-electron chi connectivity index (χ4n) is 3.29. The fraction of sp³-hybridized carbons (Fsp3) is 0.474. The highest BCUT2D eigenvalue weighted by molar-refractivity contribution is 5.91. The van der Waals surface area contributed by atoms with Crippen LogP contribution in [0.15, 0.2) is 30.6 Å². The molecule has 0 radical (unpaired) electrons. The van der Waals surface area contributed by atoms with Crippen molar-refractivity contribution in [2.24, 2.45) is 0 Å². The molecule has 1 amide bonds. The quantitative estimate of drug-likeness (QED) is 0.890. The number of likely N-dealkylation sites (tertiary alicyclic amines) is 1. The Balaban J connectivity index is 1.62. The lowest BCUT2D eigenvalue weighted by atomic mass is 10.0. The van der Waals surface area contributed by atoms with E-state index in [4.69, 9.17) is 0 Å². The molecule has 0 saturated carbocycles. The van der Waals surface area contributed by atoms with E-state index >= 15 is 0 Å². The Morgan fingerprint density at radius 2 is 2.00 bits per heavy atom. The number of imidazole rings is 1. The first-order valence-corrected chi connectivity index (χ1v) is 8.94. The van der Waals surface area contributed by atoms with Crippen LogP contribution in [0.5, 0.6) is 0 Å². The summed E-state index contributed by atoms with van der Waals surface area (Å²) in [7, 11) is 0. The fourth-order valence-corrected chi connectivity index (χ4v) is 3.29. The van der Waals surface area contributed by atoms with Gasteiger partial charge in [0, 0.05) is 44.1 Å². The van der Waals surface area contributed by atoms with Gasteiger partial charge in [0.25, 0.3) is 5.91 Å². The molecule has 2 aromatic rings. The van der Waals surface area contributed by atoms with Gasteiger partial charge in [-0.2, -0.15) is 0 Å². The Labute approximate surface area is 152 Å². The highest BCUT2D eigenvalue weighted by atomic mass is 19.2. The van der Waals surface area contributed by atoms with Crippen LogP contribution in [0.4, 0.5) is 8.78 Å². The minimum atomic E-state index is -0.898. The Bertz CT molecular complexity index is 767. The third-order valence-electron chi connectivity index (χ3n) is 4.85. The smallest absolute Gasteiger partial charge is 0.287 e. The summed E-state index contributed by atoms with van der Waals surface area (Å²) in [6, 6.07) is 4.37. The van der Waals surface area contributed by atoms with E-state index in [1.165, 1.54) is 12.3 Å². The molecule has 5 nitrogen and oxygen atoms in total. The molecule has 1 aromatic carbocycles. The summed E-state index contributed by atoms with van der Waals surface area (Å²) in [4.78, 5) is 19.1. The molecule has 1 aromatic heterocycles. The number of carbonyl (C=O) groups excluding carboxylic acids is 1. The molecule has 1 N–H and O–H groups in total. The van der Waals surface area contributed by atoms with Crippen molar-refractivity contribution in [1.29, 1.82) is 0 Å². The van der Waals surface area contributed by atoms with Crippen LogP contribution in [0.1, 0.15) is 42.9 Å². The van der Waals surface area contributed by atoms with Crippen LogP contribution >= 0.6 is 0 Å². The number of nitrogens with zero attached hydrogens (tertiary/aromatic N) is 3. The summed E-state index contributed by atoms with van der Waals surface area (Å²) in [5, 5.41) is 3.04. The first-order chi connectivity index (χ1) is 12.4. The van der Waals surface area contributed by atoms with Gasteiger partial charge < -0.3 is 14.8 Å². The largest absolute Gasteiger partial charge is 0.347 e. The van der Waals surface area contributed by atoms with E-state index in [-0.39, 0.29) is 24.3 Å². The van der Waals surface area contributed by atoms with Crippen LogP contribution in [-0.2, 0) is 6.54 Å². The predicted molar refractivity (Wildman–Crippen MR) is 94.9 cm³/mol. The van der Waals surface area contributed by atoms with Crippen LogP contribution in [0.3, 0.4) is 0 Å². The molecule has 3 rings (SSSR count). The monoisotopic (exact) mass is 362 g/mol. The van der Waals surface area contributed by atoms with Gasteiger partial charge in [0.2, 0.25) is 0 Å². The summed E-state index contributed by atoms with van der Waals surface area (Å²) in [5.41, 5.74) is 0.571. The number of amides is 1. The highest BCUT2D eigenvalue weighted by Gasteiger charge is 2.24. The second-order valence-corrected chi connectivity index (χ2v) is 7.00. The van der Waals surface area contributed by atoms with Crippen molar-refractivity contribution >= 4 is 5.91 Å². The van der Waals surface area contributed by atoms with Crippen molar-refractivity contribution < 1.29 is 13.6 Å². The Hall–Kier alpha value is -2.28. The molecule has 1 aliphatic heterocycles. The first kappa shape index (κ1) is 18.5. The number of aromatic nitrogens is 2. The van der Waals surface area contributed by atoms with Crippen molar-refractivity contribution in [3.63, 3.8) is 0 Å². The molecule has 0 aliphatic carbocycles. The summed E-state index contributed by atoms with van der Waals surface area (Å²) in [6.07, 6.45) is 5.02. The van der Waals surface area contributed by atoms with Gasteiger partial charge >= 0.3 is 0 Å². The third kappa shape index (κ3) is 4.27. The minimum Gasteiger partial charge on any atom is -0.347 e. The van der Waals surface area contributed by atoms with E-state index < -0.39 is 11.6 Å². The number of rotatable bonds is 5. The van der Waals surface area contributed by atoms with E-state index in [0.29, 0.717) is 11.6 Å². The molecule has 1 aliphatic rings. The maximum atomic E-state index is 13.4. The van der Waals surface area contributed by atoms with Crippen molar-refractivity contribution in [3.8, 4) is 0 Å². The van der Waals surface area contributed by atoms with Gasteiger partial charge in [-0.3, -0.25) is 4.79 Å². The van der Waals surface area contributed by atoms with Crippen LogP contribution in [0.25, 0.3) is 0 Å². The van der Waals surface area contributed by atoms with Gasteiger partial charge in [0.05, 0.1) is 0 Å². The molecule has 0 atom stereocenters. The van der Waals surface area contributed by atoms with Crippen molar-refractivity contribution in [2.45, 2.75) is 45.3 Å². The van der Waals surface area contributed by atoms with E-state index in [2.05, 4.69) is 29.0 Å². The Morgan fingerprint density at radius 1 is 1.27 bits per heavy atom. The Morgan fingerprint density at radius 3 is 2.65 bits per heavy atom. The van der Waals surface area contributed by atoms with E-state index in [1.807, 2.05) is 0 Å². The number of hydrogen-bond acceptors (Lipinski definition) is 3. The zero-order valence-electron chi connectivity index (χ0n) is 15.1. The van der Waals surface area contributed by atoms with Crippen LogP contribution in [0.2, 0.25) is 0 Å². The second kappa shape index (κ2) is 7.95. The molecule has 7 heteroatoms. The number of nitrogens with one attached hydrogen (secondary N) is 1. The summed E-state index contributed by atoms with van der Waals surface area (Å²) < 4.78 is 28.1. The first-order valence-electron chi connectivity index (χ1n) is 8.94. The second-order valence-electron chi connectivity index (χ2n) is 7.00. The summed E-state index contributed by atoms with van der Waals surface area (Å²) >= 11 is 0. The molecule has 0 bridgehead atoms. The van der Waals surface area contributed by atoms with E-state index in [1.54, 1.807) is 10.8 Å². The lowest BCUT2D eigenvalue weighted by Gasteiger charge is -2.34. The Kier molecular flexibility index (Phi) is 5.66. The average Bonchev–Trinajstić information content (AvgIpc) is 3.07. The van der Waals surface area contributed by atoms with E-state index in [0.717, 1.165) is 38.1 Å². The third-order valence-corrected chi connectivity index (χ3v) is 4.85. The molecule has 0 spiro atoms. The van der Waals surface area contributed by atoms with Crippen LogP contribution in [-0.4, -0.2) is 45.5 Å². The zero-order chi connectivity index (χ0) is 18.7. The van der Waals surface area contributed by atoms with Gasteiger partial charge in [-0.1, -0.05) is 6.07 Å². The van der Waals surface area contributed by atoms with Crippen molar-refractivity contribution in [3.05, 3.63) is 53.6 Å². The van der Waals surface area contributed by atoms with Crippen LogP contribution in [0, 0.1) is 11.6 Å². The van der Waals surface area contributed by atoms with Gasteiger partial charge in [0.15, 0.2) is 17.5 Å². The lowest BCUT2D eigenvalue weighted by molar-refractivity contribution is 0.0886. The molecule has 0 unspecified atom stereocenters. The molecule has 2 heterocycles. The number of hydrogen-bond donors (Lipinski definition) is 1. The van der Waals surface area contributed by atoms with Crippen molar-refractivity contribution in [1.82, 2.24) is 19.8 Å². The highest BCUT2D eigenvalue weighted by Crippen LogP contribution is 2.14. The average molecular weight is 362 g/mol. The number of carbonyl (C=O) groups is 1. The molecular formula is C19H24F2N4O.